The van der Waals surface area contributed by atoms with Crippen LogP contribution >= 0.6 is 0 Å². The maximum Gasteiger partial charge on any atom is 0.327 e. The van der Waals surface area contributed by atoms with Crippen molar-refractivity contribution in [2.45, 2.75) is 0 Å². The first-order chi connectivity index (χ1) is 4.88. The fraction of sp³-hybridized carbons (Fsp3) is 0. The number of fused-ring (bicyclic) bond motifs is 1. The Morgan fingerprint density at radius 3 is 3.30 bits per heavy atom. The van der Waals surface area contributed by atoms with Gasteiger partial charge in [-0.05, 0) is 0 Å². The summed E-state index contributed by atoms with van der Waals surface area (Å²) in [4.78, 5) is 14.6. The second-order valence-electron chi connectivity index (χ2n) is 1.72. The third-order valence-corrected chi connectivity index (χ3v) is 1.11. The standard InChI is InChI=1S/C5H3N3O2/c9-4-1-2-6-5-8(4)7-3-10-5/h1-3H. The Morgan fingerprint density at radius 2 is 2.50 bits per heavy atom. The van der Waals surface area contributed by atoms with Crippen molar-refractivity contribution in [1.82, 2.24) is 14.6 Å². The highest BCUT2D eigenvalue weighted by Crippen LogP contribution is 1.89. The van der Waals surface area contributed by atoms with Crippen LogP contribution in [0.1, 0.15) is 0 Å². The predicted octanol–water partition coefficient (Wildman–Crippen LogP) is -0.318. The van der Waals surface area contributed by atoms with Crippen LogP contribution in [0.15, 0.2) is 27.9 Å². The van der Waals surface area contributed by atoms with Crippen molar-refractivity contribution in [3.63, 3.8) is 0 Å². The molecule has 2 heterocycles. The molecule has 0 radical (unpaired) electrons. The maximum absolute atomic E-state index is 10.8. The molecule has 0 fully saturated rings. The van der Waals surface area contributed by atoms with E-state index in [-0.39, 0.29) is 11.4 Å². The van der Waals surface area contributed by atoms with Gasteiger partial charge in [0.2, 0.25) is 6.39 Å². The fourth-order valence-electron chi connectivity index (χ4n) is 0.689. The first-order valence-corrected chi connectivity index (χ1v) is 2.65. The van der Waals surface area contributed by atoms with E-state index in [1.807, 2.05) is 0 Å². The summed E-state index contributed by atoms with van der Waals surface area (Å²) in [7, 11) is 0. The summed E-state index contributed by atoms with van der Waals surface area (Å²) in [6, 6.07) is 1.32. The van der Waals surface area contributed by atoms with Crippen LogP contribution in [0.5, 0.6) is 0 Å². The highest BCUT2D eigenvalue weighted by Gasteiger charge is 1.96. The van der Waals surface area contributed by atoms with Crippen molar-refractivity contribution >= 4 is 5.84 Å². The van der Waals surface area contributed by atoms with Crippen molar-refractivity contribution in [2.75, 3.05) is 0 Å². The highest BCUT2D eigenvalue weighted by atomic mass is 16.4. The summed E-state index contributed by atoms with van der Waals surface area (Å²) in [6.07, 6.45) is 2.55. The van der Waals surface area contributed by atoms with Crippen molar-refractivity contribution < 1.29 is 4.42 Å². The SMILES string of the molecule is O=c1ccnc2ocnn12. The Kier molecular flexibility index (Phi) is 0.858. The van der Waals surface area contributed by atoms with E-state index in [0.29, 0.717) is 0 Å². The lowest BCUT2D eigenvalue weighted by Crippen LogP contribution is -2.11. The lowest BCUT2D eigenvalue weighted by atomic mass is 10.7. The second-order valence-corrected chi connectivity index (χ2v) is 1.72. The van der Waals surface area contributed by atoms with Crippen molar-refractivity contribution in [2.24, 2.45) is 0 Å². The zero-order valence-electron chi connectivity index (χ0n) is 4.89. The fourth-order valence-corrected chi connectivity index (χ4v) is 0.689. The Labute approximate surface area is 54.9 Å². The molecule has 0 bridgehead atoms. The smallest absolute Gasteiger partial charge is 0.327 e. The molecular formula is C5H3N3O2. The molecule has 10 heavy (non-hydrogen) atoms. The molecule has 0 N–H and O–H groups in total. The minimum atomic E-state index is -0.237. The quantitative estimate of drug-likeness (QED) is 0.499. The average molecular weight is 137 g/mol. The van der Waals surface area contributed by atoms with Gasteiger partial charge in [0, 0.05) is 12.3 Å². The van der Waals surface area contributed by atoms with Gasteiger partial charge in [-0.15, -0.1) is 9.61 Å². The number of hydrogen-bond donors (Lipinski definition) is 0. The van der Waals surface area contributed by atoms with Gasteiger partial charge in [-0.1, -0.05) is 0 Å². The molecule has 0 saturated carbocycles. The third kappa shape index (κ3) is 0.540. The van der Waals surface area contributed by atoms with Crippen LogP contribution in [0.25, 0.3) is 5.84 Å². The van der Waals surface area contributed by atoms with Gasteiger partial charge < -0.3 is 4.42 Å². The van der Waals surface area contributed by atoms with Gasteiger partial charge in [-0.25, -0.2) is 4.98 Å². The molecule has 5 heteroatoms. The van der Waals surface area contributed by atoms with E-state index < -0.39 is 0 Å². The van der Waals surface area contributed by atoms with Gasteiger partial charge in [0.05, 0.1) is 0 Å². The Hall–Kier alpha value is -1.65. The molecule has 0 aromatic carbocycles. The molecule has 2 aromatic rings. The number of hydrogen-bond acceptors (Lipinski definition) is 4. The summed E-state index contributed by atoms with van der Waals surface area (Å²) < 4.78 is 5.82. The van der Waals surface area contributed by atoms with Crippen LogP contribution in [0, 0.1) is 0 Å². The van der Waals surface area contributed by atoms with Crippen LogP contribution in [-0.2, 0) is 0 Å². The second kappa shape index (κ2) is 1.66. The van der Waals surface area contributed by atoms with Crippen LogP contribution in [0.4, 0.5) is 0 Å². The van der Waals surface area contributed by atoms with Crippen LogP contribution < -0.4 is 5.56 Å². The van der Waals surface area contributed by atoms with Gasteiger partial charge in [-0.3, -0.25) is 4.79 Å². The van der Waals surface area contributed by atoms with Gasteiger partial charge in [0.25, 0.3) is 5.56 Å². The topological polar surface area (TPSA) is 60.4 Å². The van der Waals surface area contributed by atoms with Crippen molar-refractivity contribution in [1.29, 1.82) is 0 Å². The van der Waals surface area contributed by atoms with Crippen LogP contribution in [0.3, 0.4) is 0 Å². The molecule has 0 aliphatic rings. The van der Waals surface area contributed by atoms with E-state index in [0.717, 1.165) is 4.52 Å². The third-order valence-electron chi connectivity index (χ3n) is 1.11. The number of aromatic nitrogens is 3. The maximum atomic E-state index is 10.8. The van der Waals surface area contributed by atoms with E-state index in [4.69, 9.17) is 4.42 Å². The predicted molar refractivity (Wildman–Crippen MR) is 31.5 cm³/mol. The minimum absolute atomic E-state index is 0.215. The molecule has 0 aliphatic carbocycles. The minimum Gasteiger partial charge on any atom is -0.410 e. The lowest BCUT2D eigenvalue weighted by Gasteiger charge is -1.81. The Bertz CT molecular complexity index is 402. The van der Waals surface area contributed by atoms with Crippen molar-refractivity contribution in [3.8, 4) is 0 Å². The molecule has 0 spiro atoms. The summed E-state index contributed by atoms with van der Waals surface area (Å²) in [6.45, 7) is 0. The molecule has 0 amide bonds. The zero-order valence-corrected chi connectivity index (χ0v) is 4.89. The van der Waals surface area contributed by atoms with Gasteiger partial charge >= 0.3 is 5.84 Å². The lowest BCUT2D eigenvalue weighted by molar-refractivity contribution is 0.586. The molecule has 2 rings (SSSR count). The number of rotatable bonds is 0. The summed E-state index contributed by atoms with van der Waals surface area (Å²) in [5, 5.41) is 3.59. The normalized spacial score (nSPS) is 10.4. The van der Waals surface area contributed by atoms with Gasteiger partial charge in [0.15, 0.2) is 0 Å². The largest absolute Gasteiger partial charge is 0.410 e. The Balaban J connectivity index is 3.09. The first kappa shape index (κ1) is 5.16. The average Bonchev–Trinajstić information content (AvgIpc) is 2.36. The molecule has 0 unspecified atom stereocenters. The number of nitrogens with zero attached hydrogens (tertiary/aromatic N) is 3. The molecular weight excluding hydrogens is 134 g/mol. The van der Waals surface area contributed by atoms with Crippen LogP contribution in [0.2, 0.25) is 0 Å². The van der Waals surface area contributed by atoms with Crippen molar-refractivity contribution in [3.05, 3.63) is 29.0 Å². The van der Waals surface area contributed by atoms with Gasteiger partial charge in [0.1, 0.15) is 0 Å². The Morgan fingerprint density at radius 1 is 1.60 bits per heavy atom. The molecule has 0 atom stereocenters. The molecule has 2 aromatic heterocycles. The summed E-state index contributed by atoms with van der Waals surface area (Å²) in [5.41, 5.74) is -0.237. The van der Waals surface area contributed by atoms with E-state index in [1.165, 1.54) is 18.7 Å². The molecule has 50 valence electrons. The van der Waals surface area contributed by atoms with Crippen LogP contribution in [-0.4, -0.2) is 14.6 Å². The monoisotopic (exact) mass is 137 g/mol. The first-order valence-electron chi connectivity index (χ1n) is 2.65. The molecule has 0 saturated heterocycles. The molecule has 5 nitrogen and oxygen atoms in total. The van der Waals surface area contributed by atoms with E-state index in [1.54, 1.807) is 0 Å². The zero-order chi connectivity index (χ0) is 6.97. The highest BCUT2D eigenvalue weighted by molar-refractivity contribution is 5.16. The van der Waals surface area contributed by atoms with E-state index in [2.05, 4.69) is 10.1 Å². The molecule has 0 aliphatic heterocycles. The van der Waals surface area contributed by atoms with E-state index >= 15 is 0 Å². The van der Waals surface area contributed by atoms with Gasteiger partial charge in [-0.2, -0.15) is 0 Å². The van der Waals surface area contributed by atoms with E-state index in [9.17, 15) is 4.79 Å². The summed E-state index contributed by atoms with van der Waals surface area (Å²) in [5.74, 6) is 0.215. The summed E-state index contributed by atoms with van der Waals surface area (Å²) >= 11 is 0.